The van der Waals surface area contributed by atoms with Crippen LogP contribution < -0.4 is 0 Å². The third-order valence-corrected chi connectivity index (χ3v) is 3.66. The first-order valence-corrected chi connectivity index (χ1v) is 8.23. The topological polar surface area (TPSA) is 142 Å². The van der Waals surface area contributed by atoms with Gasteiger partial charge in [0, 0.05) is 17.5 Å². The molecule has 0 aromatic carbocycles. The number of esters is 2. The zero-order chi connectivity index (χ0) is 20.8. The smallest absolute Gasteiger partial charge is 0.433 e. The highest BCUT2D eigenvalue weighted by Gasteiger charge is 2.25. The maximum absolute atomic E-state index is 12.4. The Bertz CT molecular complexity index is 951. The largest absolute Gasteiger partial charge is 0.462 e. The van der Waals surface area contributed by atoms with E-state index >= 15 is 0 Å². The van der Waals surface area contributed by atoms with Crippen molar-refractivity contribution in [2.24, 2.45) is 0 Å². The molecule has 2 aromatic heterocycles. The van der Waals surface area contributed by atoms with Gasteiger partial charge in [0.2, 0.25) is 5.78 Å². The molecule has 0 bridgehead atoms. The lowest BCUT2D eigenvalue weighted by Gasteiger charge is -2.06. The van der Waals surface area contributed by atoms with Crippen molar-refractivity contribution in [1.29, 1.82) is 0 Å². The van der Waals surface area contributed by atoms with E-state index in [4.69, 9.17) is 13.9 Å². The molecule has 0 aliphatic rings. The summed E-state index contributed by atoms with van der Waals surface area (Å²) >= 11 is 0. The number of aromatic nitrogens is 1. The number of rotatable bonds is 8. The van der Waals surface area contributed by atoms with Crippen LogP contribution in [0.5, 0.6) is 0 Å². The zero-order valence-corrected chi connectivity index (χ0v) is 15.4. The van der Waals surface area contributed by atoms with Crippen LogP contribution in [0.4, 0.5) is 5.88 Å². The molecular weight excluding hydrogens is 372 g/mol. The van der Waals surface area contributed by atoms with E-state index in [-0.39, 0.29) is 23.5 Å². The first-order valence-electron chi connectivity index (χ1n) is 8.23. The lowest BCUT2D eigenvalue weighted by molar-refractivity contribution is -0.402. The molecule has 0 amide bonds. The highest BCUT2D eigenvalue weighted by atomic mass is 16.6. The predicted molar refractivity (Wildman–Crippen MR) is 95.9 cm³/mol. The number of ketones is 1. The summed E-state index contributed by atoms with van der Waals surface area (Å²) in [4.78, 5) is 49.0. The summed E-state index contributed by atoms with van der Waals surface area (Å²) in [5.74, 6) is -2.45. The van der Waals surface area contributed by atoms with E-state index in [1.807, 2.05) is 0 Å². The third kappa shape index (κ3) is 4.72. The Kier molecular flexibility index (Phi) is 6.48. The SMILES string of the molecule is CCOC(=O)c1c(C)[nH]c(C)c1C(=O)COC(=O)/C=C/c1ccc([N+](=O)[O-])o1. The predicted octanol–water partition coefficient (Wildman–Crippen LogP) is 2.75. The third-order valence-electron chi connectivity index (χ3n) is 3.66. The van der Waals surface area contributed by atoms with Crippen LogP contribution in [0.3, 0.4) is 0 Å². The molecule has 1 N–H and O–H groups in total. The van der Waals surface area contributed by atoms with Crippen LogP contribution in [0, 0.1) is 24.0 Å². The molecule has 0 atom stereocenters. The molecule has 0 saturated carbocycles. The second-order valence-corrected chi connectivity index (χ2v) is 5.64. The van der Waals surface area contributed by atoms with Gasteiger partial charge in [-0.15, -0.1) is 0 Å². The van der Waals surface area contributed by atoms with Crippen molar-refractivity contribution in [2.45, 2.75) is 20.8 Å². The number of carbonyl (C=O) groups is 3. The monoisotopic (exact) mass is 390 g/mol. The first kappa shape index (κ1) is 20.6. The number of hydrogen-bond acceptors (Lipinski definition) is 8. The number of ether oxygens (including phenoxy) is 2. The van der Waals surface area contributed by atoms with Crippen molar-refractivity contribution >= 4 is 29.7 Å². The number of Topliss-reactive ketones (excluding diaryl/α,β-unsaturated/α-hetero) is 1. The Balaban J connectivity index is 2.03. The van der Waals surface area contributed by atoms with E-state index in [9.17, 15) is 24.5 Å². The molecule has 10 heteroatoms. The molecule has 0 saturated heterocycles. The summed E-state index contributed by atoms with van der Waals surface area (Å²) in [5.41, 5.74) is 1.15. The van der Waals surface area contributed by atoms with Crippen LogP contribution in [0.15, 0.2) is 22.6 Å². The second kappa shape index (κ2) is 8.80. The molecule has 148 valence electrons. The van der Waals surface area contributed by atoms with E-state index in [2.05, 4.69) is 4.98 Å². The number of nitro groups is 1. The van der Waals surface area contributed by atoms with Crippen molar-refractivity contribution in [3.63, 3.8) is 0 Å². The van der Waals surface area contributed by atoms with Gasteiger partial charge in [-0.3, -0.25) is 14.9 Å². The van der Waals surface area contributed by atoms with E-state index in [0.29, 0.717) is 11.4 Å². The second-order valence-electron chi connectivity index (χ2n) is 5.64. The molecule has 0 aliphatic heterocycles. The van der Waals surface area contributed by atoms with Gasteiger partial charge in [0.15, 0.2) is 6.61 Å². The Morgan fingerprint density at radius 1 is 1.18 bits per heavy atom. The van der Waals surface area contributed by atoms with Crippen molar-refractivity contribution in [2.75, 3.05) is 13.2 Å². The summed E-state index contributed by atoms with van der Waals surface area (Å²) in [5, 5.41) is 10.5. The number of H-pyrrole nitrogens is 1. The Morgan fingerprint density at radius 3 is 2.46 bits per heavy atom. The van der Waals surface area contributed by atoms with Crippen LogP contribution in [-0.4, -0.2) is 40.8 Å². The molecule has 0 spiro atoms. The van der Waals surface area contributed by atoms with Crippen LogP contribution >= 0.6 is 0 Å². The standard InChI is InChI=1S/C18H18N2O8/c1-4-26-18(23)17-11(3)19-10(2)16(17)13(21)9-27-15(22)8-6-12-5-7-14(28-12)20(24)25/h5-8,19H,4,9H2,1-3H3/b8-6+. The Labute approximate surface area is 159 Å². The maximum Gasteiger partial charge on any atom is 0.433 e. The van der Waals surface area contributed by atoms with Crippen LogP contribution in [0.25, 0.3) is 6.08 Å². The molecule has 2 heterocycles. The minimum atomic E-state index is -0.852. The van der Waals surface area contributed by atoms with Gasteiger partial charge in [-0.05, 0) is 32.9 Å². The van der Waals surface area contributed by atoms with E-state index in [1.165, 1.54) is 12.1 Å². The van der Waals surface area contributed by atoms with Crippen LogP contribution in [0.2, 0.25) is 0 Å². The van der Waals surface area contributed by atoms with Gasteiger partial charge in [0.25, 0.3) is 0 Å². The number of nitrogens with zero attached hydrogens (tertiary/aromatic N) is 1. The molecule has 2 aromatic rings. The summed E-state index contributed by atoms with van der Waals surface area (Å²) in [6, 6.07) is 2.45. The van der Waals surface area contributed by atoms with Crippen LogP contribution in [-0.2, 0) is 14.3 Å². The molecule has 2 rings (SSSR count). The molecule has 0 aliphatic carbocycles. The van der Waals surface area contributed by atoms with E-state index in [1.54, 1.807) is 20.8 Å². The summed E-state index contributed by atoms with van der Waals surface area (Å²) < 4.78 is 14.7. The molecular formula is C18H18N2O8. The van der Waals surface area contributed by atoms with Gasteiger partial charge in [0.05, 0.1) is 23.8 Å². The van der Waals surface area contributed by atoms with Gasteiger partial charge in [-0.2, -0.15) is 0 Å². The zero-order valence-electron chi connectivity index (χ0n) is 15.4. The Morgan fingerprint density at radius 2 is 1.86 bits per heavy atom. The molecule has 28 heavy (non-hydrogen) atoms. The fraction of sp³-hybridized carbons (Fsp3) is 0.278. The number of aromatic amines is 1. The van der Waals surface area contributed by atoms with E-state index < -0.39 is 35.1 Å². The molecule has 10 nitrogen and oxygen atoms in total. The lowest BCUT2D eigenvalue weighted by Crippen LogP contribution is -2.17. The molecule has 0 unspecified atom stereocenters. The lowest BCUT2D eigenvalue weighted by atomic mass is 10.1. The highest BCUT2D eigenvalue weighted by Crippen LogP contribution is 2.20. The minimum absolute atomic E-state index is 0.0803. The number of carbonyl (C=O) groups excluding carboxylic acids is 3. The van der Waals surface area contributed by atoms with Gasteiger partial charge in [-0.1, -0.05) is 0 Å². The summed E-state index contributed by atoms with van der Waals surface area (Å²) in [6.45, 7) is 4.46. The number of furan rings is 1. The fourth-order valence-corrected chi connectivity index (χ4v) is 2.53. The van der Waals surface area contributed by atoms with Gasteiger partial charge in [-0.25, -0.2) is 9.59 Å². The van der Waals surface area contributed by atoms with Crippen molar-refractivity contribution in [3.8, 4) is 0 Å². The maximum atomic E-state index is 12.4. The highest BCUT2D eigenvalue weighted by molar-refractivity contribution is 6.09. The summed E-state index contributed by atoms with van der Waals surface area (Å²) in [6.07, 6.45) is 2.15. The van der Waals surface area contributed by atoms with E-state index in [0.717, 1.165) is 12.1 Å². The van der Waals surface area contributed by atoms with Gasteiger partial charge >= 0.3 is 17.8 Å². The average molecular weight is 390 g/mol. The van der Waals surface area contributed by atoms with Crippen molar-refractivity contribution in [1.82, 2.24) is 4.98 Å². The van der Waals surface area contributed by atoms with Gasteiger partial charge < -0.3 is 18.9 Å². The number of hydrogen-bond donors (Lipinski definition) is 1. The van der Waals surface area contributed by atoms with Crippen molar-refractivity contribution < 1.29 is 33.2 Å². The number of aryl methyl sites for hydroxylation is 2. The van der Waals surface area contributed by atoms with Gasteiger partial charge in [0.1, 0.15) is 10.7 Å². The summed E-state index contributed by atoms with van der Waals surface area (Å²) in [7, 11) is 0. The minimum Gasteiger partial charge on any atom is -0.462 e. The molecule has 0 radical (unpaired) electrons. The normalized spacial score (nSPS) is 10.8. The first-order chi connectivity index (χ1) is 13.2. The number of nitrogens with one attached hydrogen (secondary N) is 1. The molecule has 0 fully saturated rings. The quantitative estimate of drug-likeness (QED) is 0.238. The Hall–Kier alpha value is -3.69. The van der Waals surface area contributed by atoms with Crippen LogP contribution in [0.1, 0.15) is 44.8 Å². The van der Waals surface area contributed by atoms with Crippen molar-refractivity contribution in [3.05, 3.63) is 56.6 Å². The average Bonchev–Trinajstić information content (AvgIpc) is 3.22. The fourth-order valence-electron chi connectivity index (χ4n) is 2.53.